The molecule has 1 aromatic carbocycles. The van der Waals surface area contributed by atoms with Crippen LogP contribution in [0.4, 0.5) is 5.69 Å². The Morgan fingerprint density at radius 1 is 1.23 bits per heavy atom. The number of nitriles is 1. The fraction of sp³-hybridized carbons (Fsp3) is 0.480. The normalized spacial score (nSPS) is 17.8. The number of aromatic nitrogens is 1. The summed E-state index contributed by atoms with van der Waals surface area (Å²) in [5.74, 6) is -0.229. The van der Waals surface area contributed by atoms with Gasteiger partial charge in [0.05, 0.1) is 29.9 Å². The highest BCUT2D eigenvalue weighted by molar-refractivity contribution is 6.04. The lowest BCUT2D eigenvalue weighted by atomic mass is 9.90. The Bertz CT molecular complexity index is 1000. The molecule has 0 radical (unpaired) electrons. The maximum Gasteiger partial charge on any atom is 0.255 e. The van der Waals surface area contributed by atoms with Gasteiger partial charge >= 0.3 is 0 Å². The maximum absolute atomic E-state index is 12.9. The zero-order chi connectivity index (χ0) is 22.8. The average Bonchev–Trinajstić information content (AvgIpc) is 2.74. The van der Waals surface area contributed by atoms with Crippen molar-refractivity contribution in [2.45, 2.75) is 58.6 Å². The molecule has 1 saturated heterocycles. The molecule has 3 rings (SSSR count). The molecule has 164 valence electrons. The molecule has 0 spiro atoms. The third kappa shape index (κ3) is 5.30. The van der Waals surface area contributed by atoms with E-state index in [-0.39, 0.29) is 17.6 Å². The van der Waals surface area contributed by atoms with Gasteiger partial charge in [-0.15, -0.1) is 0 Å². The summed E-state index contributed by atoms with van der Waals surface area (Å²) in [6.45, 7) is 14.7. The summed E-state index contributed by atoms with van der Waals surface area (Å²) < 4.78 is 6.09. The Balaban J connectivity index is 1.80. The molecule has 1 atom stereocenters. The third-order valence-corrected chi connectivity index (χ3v) is 5.84. The van der Waals surface area contributed by atoms with Crippen LogP contribution >= 0.6 is 0 Å². The predicted molar refractivity (Wildman–Crippen MR) is 122 cm³/mol. The highest BCUT2D eigenvalue weighted by Gasteiger charge is 2.30. The first-order valence-corrected chi connectivity index (χ1v) is 10.7. The number of rotatable bonds is 4. The zero-order valence-electron chi connectivity index (χ0n) is 19.3. The van der Waals surface area contributed by atoms with Crippen LogP contribution in [0.2, 0.25) is 0 Å². The molecule has 1 aliphatic rings. The van der Waals surface area contributed by atoms with Gasteiger partial charge in [0.1, 0.15) is 0 Å². The number of amides is 1. The van der Waals surface area contributed by atoms with Crippen LogP contribution in [0.5, 0.6) is 0 Å². The van der Waals surface area contributed by atoms with Crippen molar-refractivity contribution in [1.29, 1.82) is 5.26 Å². The quantitative estimate of drug-likeness (QED) is 0.781. The van der Waals surface area contributed by atoms with Gasteiger partial charge in [0.25, 0.3) is 5.91 Å². The number of carbonyl (C=O) groups is 1. The first-order valence-electron chi connectivity index (χ1n) is 10.7. The highest BCUT2D eigenvalue weighted by Crippen LogP contribution is 2.30. The second-order valence-corrected chi connectivity index (χ2v) is 9.67. The van der Waals surface area contributed by atoms with Crippen molar-refractivity contribution in [3.63, 3.8) is 0 Å². The van der Waals surface area contributed by atoms with Crippen LogP contribution in [0.25, 0.3) is 0 Å². The summed E-state index contributed by atoms with van der Waals surface area (Å²) >= 11 is 0. The number of anilines is 1. The molecule has 31 heavy (non-hydrogen) atoms. The lowest BCUT2D eigenvalue weighted by Gasteiger charge is -2.42. The largest absolute Gasteiger partial charge is 0.371 e. The molecule has 0 aliphatic carbocycles. The monoisotopic (exact) mass is 420 g/mol. The first-order chi connectivity index (χ1) is 14.5. The first kappa shape index (κ1) is 22.9. The molecule has 2 heterocycles. The number of hydrogen-bond donors (Lipinski definition) is 1. The van der Waals surface area contributed by atoms with Crippen LogP contribution in [0, 0.1) is 18.3 Å². The van der Waals surface area contributed by atoms with Gasteiger partial charge in [-0.05, 0) is 76.9 Å². The van der Waals surface area contributed by atoms with E-state index in [2.05, 4.69) is 49.0 Å². The van der Waals surface area contributed by atoms with E-state index in [1.54, 1.807) is 32.2 Å². The van der Waals surface area contributed by atoms with E-state index in [0.29, 0.717) is 17.9 Å². The van der Waals surface area contributed by atoms with Gasteiger partial charge in [-0.1, -0.05) is 6.07 Å². The van der Waals surface area contributed by atoms with E-state index in [1.807, 2.05) is 18.2 Å². The van der Waals surface area contributed by atoms with E-state index >= 15 is 0 Å². The lowest BCUT2D eigenvalue weighted by Crippen LogP contribution is -2.49. The van der Waals surface area contributed by atoms with Gasteiger partial charge in [-0.3, -0.25) is 14.7 Å². The van der Waals surface area contributed by atoms with E-state index in [4.69, 9.17) is 4.74 Å². The van der Waals surface area contributed by atoms with Crippen LogP contribution in [0.15, 0.2) is 36.5 Å². The Labute approximate surface area is 185 Å². The molecule has 6 heteroatoms. The van der Waals surface area contributed by atoms with Gasteiger partial charge in [0.15, 0.2) is 0 Å². The summed E-state index contributed by atoms with van der Waals surface area (Å²) in [6.07, 6.45) is 1.54. The summed E-state index contributed by atoms with van der Waals surface area (Å²) in [4.78, 5) is 19.6. The molecule has 6 nitrogen and oxygen atoms in total. The van der Waals surface area contributed by atoms with Crippen molar-refractivity contribution in [2.24, 2.45) is 0 Å². The van der Waals surface area contributed by atoms with Gasteiger partial charge in [-0.25, -0.2) is 0 Å². The van der Waals surface area contributed by atoms with Gasteiger partial charge < -0.3 is 10.1 Å². The Morgan fingerprint density at radius 3 is 2.65 bits per heavy atom. The maximum atomic E-state index is 12.9. The van der Waals surface area contributed by atoms with Crippen LogP contribution < -0.4 is 5.32 Å². The molecular weight excluding hydrogens is 388 g/mol. The van der Waals surface area contributed by atoms with E-state index in [9.17, 15) is 10.1 Å². The number of nitrogens with one attached hydrogen (secondary N) is 1. The van der Waals surface area contributed by atoms with E-state index in [1.165, 1.54) is 0 Å². The Morgan fingerprint density at radius 2 is 1.97 bits per heavy atom. The zero-order valence-corrected chi connectivity index (χ0v) is 19.3. The minimum atomic E-state index is -0.759. The van der Waals surface area contributed by atoms with Crippen molar-refractivity contribution in [3.8, 4) is 6.07 Å². The summed E-state index contributed by atoms with van der Waals surface area (Å²) in [6, 6.07) is 11.5. The minimum absolute atomic E-state index is 0.0335. The van der Waals surface area contributed by atoms with Gasteiger partial charge in [0.2, 0.25) is 0 Å². The van der Waals surface area contributed by atoms with E-state index in [0.717, 1.165) is 29.9 Å². The lowest BCUT2D eigenvalue weighted by molar-refractivity contribution is -0.0598. The molecule has 0 bridgehead atoms. The second-order valence-electron chi connectivity index (χ2n) is 9.67. The number of pyridine rings is 1. The van der Waals surface area contributed by atoms with Crippen molar-refractivity contribution >= 4 is 11.6 Å². The molecule has 1 N–H and O–H groups in total. The van der Waals surface area contributed by atoms with Crippen LogP contribution in [0.1, 0.15) is 67.9 Å². The van der Waals surface area contributed by atoms with Crippen molar-refractivity contribution in [3.05, 3.63) is 58.9 Å². The van der Waals surface area contributed by atoms with E-state index < -0.39 is 5.41 Å². The fourth-order valence-corrected chi connectivity index (χ4v) is 3.69. The average molecular weight is 421 g/mol. The number of carbonyl (C=O) groups excluding carboxylic acids is 1. The Kier molecular flexibility index (Phi) is 6.49. The summed E-state index contributed by atoms with van der Waals surface area (Å²) in [7, 11) is 0. The number of benzene rings is 1. The van der Waals surface area contributed by atoms with Crippen LogP contribution in [-0.2, 0) is 10.2 Å². The standard InChI is InChI=1S/C25H32N4O2/c1-17-7-8-19(14-20(17)21-15-29(11-12-31-21)24(2,3)4)28-23(30)18-9-10-27-22(13-18)25(5,6)16-26/h7-10,13-14,21H,11-12,15H2,1-6H3,(H,28,30). The predicted octanol–water partition coefficient (Wildman–Crippen LogP) is 4.62. The minimum Gasteiger partial charge on any atom is -0.371 e. The molecule has 1 aliphatic heterocycles. The van der Waals surface area contributed by atoms with Gasteiger partial charge in [0, 0.05) is 36.1 Å². The molecule has 1 unspecified atom stereocenters. The molecule has 1 amide bonds. The molecule has 1 aromatic heterocycles. The van der Waals surface area contributed by atoms with Crippen molar-refractivity contribution in [1.82, 2.24) is 9.88 Å². The van der Waals surface area contributed by atoms with Gasteiger partial charge in [-0.2, -0.15) is 5.26 Å². The number of hydrogen-bond acceptors (Lipinski definition) is 5. The molecule has 2 aromatic rings. The SMILES string of the molecule is Cc1ccc(NC(=O)c2ccnc(C(C)(C)C#N)c2)cc1C1CN(C(C)(C)C)CCO1. The molecule has 1 fully saturated rings. The third-order valence-electron chi connectivity index (χ3n) is 5.84. The fourth-order valence-electron chi connectivity index (χ4n) is 3.69. The molecule has 0 saturated carbocycles. The number of nitrogens with zero attached hydrogens (tertiary/aromatic N) is 3. The summed E-state index contributed by atoms with van der Waals surface area (Å²) in [5.41, 5.74) is 3.32. The van der Waals surface area contributed by atoms with Crippen LogP contribution in [-0.4, -0.2) is 41.0 Å². The second kappa shape index (κ2) is 8.78. The molecular formula is C25H32N4O2. The number of aryl methyl sites for hydroxylation is 1. The van der Waals surface area contributed by atoms with Crippen LogP contribution in [0.3, 0.4) is 0 Å². The number of ether oxygens (including phenoxy) is 1. The van der Waals surface area contributed by atoms with Crippen molar-refractivity contribution in [2.75, 3.05) is 25.0 Å². The number of morpholine rings is 1. The highest BCUT2D eigenvalue weighted by atomic mass is 16.5. The smallest absolute Gasteiger partial charge is 0.255 e. The van der Waals surface area contributed by atoms with Crippen molar-refractivity contribution < 1.29 is 9.53 Å². The topological polar surface area (TPSA) is 78.2 Å². The Hall–Kier alpha value is -2.75. The summed E-state index contributed by atoms with van der Waals surface area (Å²) in [5, 5.41) is 12.3.